The van der Waals surface area contributed by atoms with Gasteiger partial charge in [0, 0.05) is 31.1 Å². The van der Waals surface area contributed by atoms with Crippen molar-refractivity contribution in [1.29, 1.82) is 0 Å². The fourth-order valence-electron chi connectivity index (χ4n) is 4.28. The highest BCUT2D eigenvalue weighted by atomic mass is 19.1. The number of nitrogens with zero attached hydrogens (tertiary/aromatic N) is 2. The number of amides is 2. The lowest BCUT2D eigenvalue weighted by Gasteiger charge is -2.32. The van der Waals surface area contributed by atoms with Crippen molar-refractivity contribution in [2.75, 3.05) is 13.1 Å². The molecule has 0 spiro atoms. The summed E-state index contributed by atoms with van der Waals surface area (Å²) in [6.07, 6.45) is 6.04. The van der Waals surface area contributed by atoms with Gasteiger partial charge < -0.3 is 14.7 Å². The summed E-state index contributed by atoms with van der Waals surface area (Å²) in [7, 11) is 0. The molecule has 1 aliphatic carbocycles. The van der Waals surface area contributed by atoms with Crippen LogP contribution in [0.2, 0.25) is 0 Å². The zero-order valence-electron chi connectivity index (χ0n) is 14.7. The molecule has 1 aromatic heterocycles. The molecular weight excluding hydrogens is 333 g/mol. The molecule has 0 bridgehead atoms. The minimum atomic E-state index is -0.139. The normalized spacial score (nSPS) is 24.0. The molecule has 4 rings (SSSR count). The van der Waals surface area contributed by atoms with E-state index in [1.54, 1.807) is 12.3 Å². The van der Waals surface area contributed by atoms with Gasteiger partial charge in [0.05, 0.1) is 5.69 Å². The van der Waals surface area contributed by atoms with Crippen LogP contribution in [0.3, 0.4) is 0 Å². The second-order valence-corrected chi connectivity index (χ2v) is 7.36. The number of nitrogens with one attached hydrogen (secondary N) is 1. The Bertz CT molecular complexity index is 741. The summed E-state index contributed by atoms with van der Waals surface area (Å²) >= 11 is 0. The van der Waals surface area contributed by atoms with Crippen LogP contribution in [0.5, 0.6) is 0 Å². The van der Waals surface area contributed by atoms with Crippen molar-refractivity contribution in [3.63, 3.8) is 0 Å². The van der Waals surface area contributed by atoms with Crippen LogP contribution >= 0.6 is 0 Å². The molecule has 2 aliphatic rings. The van der Waals surface area contributed by atoms with Gasteiger partial charge in [0.15, 0.2) is 0 Å². The Hall–Kier alpha value is -2.37. The van der Waals surface area contributed by atoms with Crippen LogP contribution in [-0.4, -0.2) is 35.2 Å². The monoisotopic (exact) mass is 357 g/mol. The molecule has 5 nitrogen and oxygen atoms in total. The van der Waals surface area contributed by atoms with E-state index in [-0.39, 0.29) is 23.8 Å². The van der Waals surface area contributed by atoms with Crippen LogP contribution in [0.1, 0.15) is 55.2 Å². The summed E-state index contributed by atoms with van der Waals surface area (Å²) in [5, 5.41) is 7.16. The predicted octanol–water partition coefficient (Wildman–Crippen LogP) is 4.04. The van der Waals surface area contributed by atoms with Gasteiger partial charge in [-0.05, 0) is 49.7 Å². The van der Waals surface area contributed by atoms with E-state index < -0.39 is 0 Å². The van der Waals surface area contributed by atoms with E-state index in [9.17, 15) is 9.18 Å². The highest BCUT2D eigenvalue weighted by molar-refractivity contribution is 5.74. The Labute approximate surface area is 152 Å². The topological polar surface area (TPSA) is 58.4 Å². The van der Waals surface area contributed by atoms with E-state index in [1.807, 2.05) is 23.1 Å². The van der Waals surface area contributed by atoms with E-state index in [4.69, 9.17) is 4.52 Å². The molecule has 2 aromatic rings. The lowest BCUT2D eigenvalue weighted by Crippen LogP contribution is -2.47. The van der Waals surface area contributed by atoms with Gasteiger partial charge in [-0.15, -0.1) is 0 Å². The minimum Gasteiger partial charge on any atom is -0.365 e. The smallest absolute Gasteiger partial charge is 0.317 e. The lowest BCUT2D eigenvalue weighted by atomic mass is 9.94. The Morgan fingerprint density at radius 2 is 1.92 bits per heavy atom. The van der Waals surface area contributed by atoms with Crippen molar-refractivity contribution in [3.05, 3.63) is 53.7 Å². The molecule has 1 saturated heterocycles. The number of likely N-dealkylation sites (tertiary alicyclic amines) is 1. The van der Waals surface area contributed by atoms with Crippen molar-refractivity contribution in [3.8, 4) is 0 Å². The maximum Gasteiger partial charge on any atom is 0.317 e. The van der Waals surface area contributed by atoms with Crippen molar-refractivity contribution >= 4 is 6.03 Å². The van der Waals surface area contributed by atoms with Crippen molar-refractivity contribution in [2.45, 2.75) is 50.0 Å². The average Bonchev–Trinajstić information content (AvgIpc) is 3.34. The molecule has 138 valence electrons. The van der Waals surface area contributed by atoms with Crippen molar-refractivity contribution in [2.24, 2.45) is 0 Å². The first-order valence-corrected chi connectivity index (χ1v) is 9.41. The van der Waals surface area contributed by atoms with E-state index in [1.165, 1.54) is 6.07 Å². The second kappa shape index (κ2) is 7.48. The molecule has 2 heterocycles. The summed E-state index contributed by atoms with van der Waals surface area (Å²) in [5.74, 6) is 0.425. The maximum atomic E-state index is 14.0. The van der Waals surface area contributed by atoms with Crippen molar-refractivity contribution in [1.82, 2.24) is 15.4 Å². The average molecular weight is 357 g/mol. The van der Waals surface area contributed by atoms with Crippen LogP contribution in [0, 0.1) is 5.82 Å². The van der Waals surface area contributed by atoms with Gasteiger partial charge in [0.1, 0.15) is 12.1 Å². The number of carbonyl (C=O) groups is 1. The third-order valence-corrected chi connectivity index (χ3v) is 5.76. The van der Waals surface area contributed by atoms with Gasteiger partial charge in [-0.1, -0.05) is 23.4 Å². The van der Waals surface area contributed by atoms with Gasteiger partial charge in [-0.25, -0.2) is 9.18 Å². The summed E-state index contributed by atoms with van der Waals surface area (Å²) in [5.41, 5.74) is 1.76. The minimum absolute atomic E-state index is 0.00258. The molecule has 1 N–H and O–H groups in total. The zero-order valence-corrected chi connectivity index (χ0v) is 14.7. The van der Waals surface area contributed by atoms with E-state index in [2.05, 4.69) is 10.5 Å². The highest BCUT2D eigenvalue weighted by Gasteiger charge is 2.31. The van der Waals surface area contributed by atoms with Crippen LogP contribution in [0.15, 0.2) is 41.1 Å². The Morgan fingerprint density at radius 1 is 1.12 bits per heavy atom. The first-order chi connectivity index (χ1) is 12.7. The van der Waals surface area contributed by atoms with E-state index in [0.717, 1.165) is 56.5 Å². The third-order valence-electron chi connectivity index (χ3n) is 5.76. The number of carbonyl (C=O) groups excluding carboxylic acids is 1. The Balaban J connectivity index is 1.27. The molecule has 1 saturated carbocycles. The fraction of sp³-hybridized carbons (Fsp3) is 0.500. The fourth-order valence-corrected chi connectivity index (χ4v) is 4.28. The van der Waals surface area contributed by atoms with Gasteiger partial charge in [0.25, 0.3) is 0 Å². The Morgan fingerprint density at radius 3 is 2.65 bits per heavy atom. The van der Waals surface area contributed by atoms with Crippen LogP contribution in [-0.2, 0) is 0 Å². The molecule has 1 aromatic carbocycles. The molecule has 2 amide bonds. The van der Waals surface area contributed by atoms with Crippen molar-refractivity contribution < 1.29 is 13.7 Å². The molecule has 0 radical (unpaired) electrons. The third kappa shape index (κ3) is 3.59. The molecule has 1 aliphatic heterocycles. The standard InChI is InChI=1S/C20H24FN3O2/c21-18-4-2-1-3-17(18)15-5-6-16(13-15)22-20(25)24-10-7-14(8-11-24)19-9-12-26-23-19/h1-4,9,12,14-16H,5-8,10-11,13H2,(H,22,25). The first kappa shape index (κ1) is 17.1. The van der Waals surface area contributed by atoms with Gasteiger partial charge in [-0.3, -0.25) is 0 Å². The molecular formula is C20H24FN3O2. The van der Waals surface area contributed by atoms with E-state index >= 15 is 0 Å². The highest BCUT2D eigenvalue weighted by Crippen LogP contribution is 2.36. The first-order valence-electron chi connectivity index (χ1n) is 9.41. The Kier molecular flexibility index (Phi) is 4.91. The molecule has 6 heteroatoms. The lowest BCUT2D eigenvalue weighted by molar-refractivity contribution is 0.176. The quantitative estimate of drug-likeness (QED) is 0.902. The summed E-state index contributed by atoms with van der Waals surface area (Å²) < 4.78 is 18.9. The number of aromatic nitrogens is 1. The zero-order chi connectivity index (χ0) is 17.9. The predicted molar refractivity (Wildman–Crippen MR) is 95.4 cm³/mol. The maximum absolute atomic E-state index is 14.0. The number of benzene rings is 1. The van der Waals surface area contributed by atoms with Crippen LogP contribution < -0.4 is 5.32 Å². The molecule has 2 fully saturated rings. The molecule has 2 unspecified atom stereocenters. The second-order valence-electron chi connectivity index (χ2n) is 7.36. The summed E-state index contributed by atoms with van der Waals surface area (Å²) in [6, 6.07) is 9.00. The van der Waals surface area contributed by atoms with Gasteiger partial charge in [-0.2, -0.15) is 0 Å². The summed E-state index contributed by atoms with van der Waals surface area (Å²) in [4.78, 5) is 14.4. The van der Waals surface area contributed by atoms with Gasteiger partial charge in [0.2, 0.25) is 0 Å². The van der Waals surface area contributed by atoms with Gasteiger partial charge >= 0.3 is 6.03 Å². The van der Waals surface area contributed by atoms with Crippen LogP contribution in [0.25, 0.3) is 0 Å². The number of urea groups is 1. The number of hydrogen-bond donors (Lipinski definition) is 1. The number of halogens is 1. The largest absolute Gasteiger partial charge is 0.365 e. The SMILES string of the molecule is O=C(NC1CCC(c2ccccc2F)C1)N1CCC(c2ccon2)CC1. The number of hydrogen-bond acceptors (Lipinski definition) is 3. The molecule has 2 atom stereocenters. The molecule has 26 heavy (non-hydrogen) atoms. The van der Waals surface area contributed by atoms with Crippen LogP contribution in [0.4, 0.5) is 9.18 Å². The van der Waals surface area contributed by atoms with E-state index in [0.29, 0.717) is 5.92 Å². The number of rotatable bonds is 3. The summed E-state index contributed by atoms with van der Waals surface area (Å²) in [6.45, 7) is 1.46. The number of piperidine rings is 1.